The molecule has 0 unspecified atom stereocenters. The SMILES string of the molecule is CCOC(=O)[C@@H](C)/C=C/[C@@H](O)CCCO[Si](C(C)C)(C(C)C)C(C)C. The quantitative estimate of drug-likeness (QED) is 0.225. The van der Waals surface area contributed by atoms with E-state index in [0.717, 1.165) is 6.42 Å². The van der Waals surface area contributed by atoms with Gasteiger partial charge in [0.05, 0.1) is 18.6 Å². The van der Waals surface area contributed by atoms with Gasteiger partial charge in [0.25, 0.3) is 0 Å². The molecule has 0 fully saturated rings. The monoisotopic (exact) mass is 372 g/mol. The summed E-state index contributed by atoms with van der Waals surface area (Å²) in [7, 11) is -1.82. The van der Waals surface area contributed by atoms with Crippen LogP contribution in [0.2, 0.25) is 16.6 Å². The van der Waals surface area contributed by atoms with E-state index in [0.29, 0.717) is 36.3 Å². The van der Waals surface area contributed by atoms with Crippen LogP contribution in [0.25, 0.3) is 0 Å². The van der Waals surface area contributed by atoms with Gasteiger partial charge in [-0.05, 0) is 43.3 Å². The molecule has 0 aromatic carbocycles. The van der Waals surface area contributed by atoms with Gasteiger partial charge in [-0.1, -0.05) is 53.7 Å². The van der Waals surface area contributed by atoms with E-state index in [1.54, 1.807) is 26.0 Å². The normalized spacial score (nSPS) is 15.4. The molecule has 0 rings (SSSR count). The zero-order chi connectivity index (χ0) is 19.6. The lowest BCUT2D eigenvalue weighted by molar-refractivity contribution is -0.145. The first-order chi connectivity index (χ1) is 11.6. The minimum absolute atomic E-state index is 0.254. The van der Waals surface area contributed by atoms with Gasteiger partial charge < -0.3 is 14.3 Å². The van der Waals surface area contributed by atoms with E-state index >= 15 is 0 Å². The maximum absolute atomic E-state index is 11.5. The van der Waals surface area contributed by atoms with Crippen LogP contribution in [-0.4, -0.2) is 38.7 Å². The highest BCUT2D eigenvalue weighted by Gasteiger charge is 2.44. The third kappa shape index (κ3) is 7.63. The van der Waals surface area contributed by atoms with Crippen molar-refractivity contribution in [3.8, 4) is 0 Å². The molecular weight excluding hydrogens is 332 g/mol. The van der Waals surface area contributed by atoms with Gasteiger partial charge in [0.15, 0.2) is 8.32 Å². The van der Waals surface area contributed by atoms with Crippen LogP contribution >= 0.6 is 0 Å². The predicted molar refractivity (Wildman–Crippen MR) is 107 cm³/mol. The van der Waals surface area contributed by atoms with Crippen molar-refractivity contribution in [3.05, 3.63) is 12.2 Å². The van der Waals surface area contributed by atoms with Crippen molar-refractivity contribution in [2.75, 3.05) is 13.2 Å². The molecule has 4 nitrogen and oxygen atoms in total. The van der Waals surface area contributed by atoms with E-state index in [-0.39, 0.29) is 11.9 Å². The molecule has 0 heterocycles. The van der Waals surface area contributed by atoms with Crippen LogP contribution in [0, 0.1) is 5.92 Å². The molecule has 148 valence electrons. The highest BCUT2D eigenvalue weighted by atomic mass is 28.4. The number of esters is 1. The number of rotatable bonds is 12. The minimum atomic E-state index is -1.82. The minimum Gasteiger partial charge on any atom is -0.466 e. The highest BCUT2D eigenvalue weighted by molar-refractivity contribution is 6.77. The number of hydrogen-bond donors (Lipinski definition) is 1. The van der Waals surface area contributed by atoms with Crippen molar-refractivity contribution in [1.29, 1.82) is 0 Å². The second-order valence-corrected chi connectivity index (χ2v) is 13.3. The third-order valence-electron chi connectivity index (χ3n) is 4.98. The molecule has 5 heteroatoms. The van der Waals surface area contributed by atoms with E-state index in [4.69, 9.17) is 9.16 Å². The summed E-state index contributed by atoms with van der Waals surface area (Å²) in [5, 5.41) is 10.1. The molecule has 0 aromatic heterocycles. The first-order valence-corrected chi connectivity index (χ1v) is 11.9. The van der Waals surface area contributed by atoms with Gasteiger partial charge in [0.1, 0.15) is 0 Å². The van der Waals surface area contributed by atoms with E-state index in [1.807, 2.05) is 0 Å². The average molecular weight is 373 g/mol. The van der Waals surface area contributed by atoms with E-state index in [1.165, 1.54) is 0 Å². The number of aliphatic hydroxyl groups is 1. The van der Waals surface area contributed by atoms with Crippen LogP contribution in [0.3, 0.4) is 0 Å². The fourth-order valence-electron chi connectivity index (χ4n) is 3.78. The molecule has 0 amide bonds. The molecule has 0 aliphatic rings. The summed E-state index contributed by atoms with van der Waals surface area (Å²) >= 11 is 0. The summed E-state index contributed by atoms with van der Waals surface area (Å²) in [5.41, 5.74) is 1.72. The molecule has 0 radical (unpaired) electrons. The summed E-state index contributed by atoms with van der Waals surface area (Å²) in [6.45, 7) is 18.3. The molecule has 2 atom stereocenters. The third-order valence-corrected chi connectivity index (χ3v) is 11.1. The maximum atomic E-state index is 11.5. The van der Waals surface area contributed by atoms with Crippen LogP contribution in [0.4, 0.5) is 0 Å². The molecule has 0 spiro atoms. The first-order valence-electron chi connectivity index (χ1n) is 9.76. The second-order valence-electron chi connectivity index (χ2n) is 7.80. The zero-order valence-electron chi connectivity index (χ0n) is 17.5. The second kappa shape index (κ2) is 11.9. The van der Waals surface area contributed by atoms with Crippen LogP contribution in [-0.2, 0) is 14.0 Å². The molecule has 25 heavy (non-hydrogen) atoms. The lowest BCUT2D eigenvalue weighted by Crippen LogP contribution is -2.48. The van der Waals surface area contributed by atoms with E-state index in [9.17, 15) is 9.90 Å². The Kier molecular flexibility index (Phi) is 11.6. The molecule has 0 aliphatic carbocycles. The van der Waals surface area contributed by atoms with E-state index < -0.39 is 14.4 Å². The van der Waals surface area contributed by atoms with Crippen molar-refractivity contribution in [1.82, 2.24) is 0 Å². The topological polar surface area (TPSA) is 55.8 Å². The van der Waals surface area contributed by atoms with Gasteiger partial charge in [-0.15, -0.1) is 0 Å². The Balaban J connectivity index is 4.44. The van der Waals surface area contributed by atoms with Crippen LogP contribution in [0.1, 0.15) is 68.2 Å². The molecule has 0 bridgehead atoms. The predicted octanol–water partition coefficient (Wildman–Crippen LogP) is 5.08. The van der Waals surface area contributed by atoms with Crippen molar-refractivity contribution in [3.63, 3.8) is 0 Å². The van der Waals surface area contributed by atoms with Gasteiger partial charge in [0.2, 0.25) is 0 Å². The molecular formula is C20H40O4Si. The fourth-order valence-corrected chi connectivity index (χ4v) is 9.28. The fraction of sp³-hybridized carbons (Fsp3) is 0.850. The van der Waals surface area contributed by atoms with E-state index in [2.05, 4.69) is 41.5 Å². The van der Waals surface area contributed by atoms with Crippen LogP contribution < -0.4 is 0 Å². The number of ether oxygens (including phenoxy) is 1. The van der Waals surface area contributed by atoms with Crippen molar-refractivity contribution < 1.29 is 19.1 Å². The van der Waals surface area contributed by atoms with Crippen molar-refractivity contribution >= 4 is 14.3 Å². The summed E-state index contributed by atoms with van der Waals surface area (Å²) in [6.07, 6.45) is 4.33. The maximum Gasteiger partial charge on any atom is 0.312 e. The smallest absolute Gasteiger partial charge is 0.312 e. The standard InChI is InChI=1S/C20H40O4Si/c1-9-23-20(22)18(8)12-13-19(21)11-10-14-24-25(15(2)3,16(4)5)17(6)7/h12-13,15-19,21H,9-11,14H2,1-8H3/b13-12+/t18-,19-/m0/s1. The Hall–Kier alpha value is -0.653. The lowest BCUT2D eigenvalue weighted by atomic mass is 10.1. The molecule has 1 N–H and O–H groups in total. The van der Waals surface area contributed by atoms with Gasteiger partial charge in [-0.3, -0.25) is 4.79 Å². The Morgan fingerprint density at radius 3 is 1.96 bits per heavy atom. The lowest BCUT2D eigenvalue weighted by Gasteiger charge is -2.42. The molecule has 0 saturated heterocycles. The average Bonchev–Trinajstić information content (AvgIpc) is 2.51. The first kappa shape index (κ1) is 24.3. The number of aliphatic hydroxyl groups excluding tert-OH is 1. The van der Waals surface area contributed by atoms with Crippen molar-refractivity contribution in [2.45, 2.75) is 91.0 Å². The van der Waals surface area contributed by atoms with Gasteiger partial charge in [-0.2, -0.15) is 0 Å². The number of carbonyl (C=O) groups is 1. The largest absolute Gasteiger partial charge is 0.466 e. The zero-order valence-corrected chi connectivity index (χ0v) is 18.5. The molecule has 0 aromatic rings. The summed E-state index contributed by atoms with van der Waals surface area (Å²) < 4.78 is 11.4. The van der Waals surface area contributed by atoms with Crippen molar-refractivity contribution in [2.24, 2.45) is 5.92 Å². The van der Waals surface area contributed by atoms with Crippen LogP contribution in [0.15, 0.2) is 12.2 Å². The Labute approximate surface area is 156 Å². The Morgan fingerprint density at radius 2 is 1.52 bits per heavy atom. The van der Waals surface area contributed by atoms with Crippen LogP contribution in [0.5, 0.6) is 0 Å². The number of hydrogen-bond acceptors (Lipinski definition) is 4. The van der Waals surface area contributed by atoms with Gasteiger partial charge in [-0.25, -0.2) is 0 Å². The molecule has 0 aliphatic heterocycles. The highest BCUT2D eigenvalue weighted by Crippen LogP contribution is 2.42. The Morgan fingerprint density at radius 1 is 1.00 bits per heavy atom. The summed E-state index contributed by atoms with van der Waals surface area (Å²) in [5.74, 6) is -0.579. The summed E-state index contributed by atoms with van der Waals surface area (Å²) in [6, 6.07) is 0. The van der Waals surface area contributed by atoms with Gasteiger partial charge in [0, 0.05) is 6.61 Å². The Bertz CT molecular complexity index is 383. The van der Waals surface area contributed by atoms with Gasteiger partial charge >= 0.3 is 5.97 Å². The number of carbonyl (C=O) groups excluding carboxylic acids is 1. The summed E-state index contributed by atoms with van der Waals surface area (Å²) in [4.78, 5) is 11.5. The molecule has 0 saturated carbocycles.